The smallest absolute Gasteiger partial charge is 0.292 e. The lowest BCUT2D eigenvalue weighted by Gasteiger charge is -2.35. The normalized spacial score (nSPS) is 17.4. The first kappa shape index (κ1) is 20.6. The maximum Gasteiger partial charge on any atom is 0.292 e. The Balaban J connectivity index is 1.48. The quantitative estimate of drug-likeness (QED) is 0.579. The van der Waals surface area contributed by atoms with E-state index in [0.717, 1.165) is 30.5 Å². The first-order valence-corrected chi connectivity index (χ1v) is 11.7. The van der Waals surface area contributed by atoms with Gasteiger partial charge in [-0.2, -0.15) is 4.31 Å². The predicted molar refractivity (Wildman–Crippen MR) is 117 cm³/mol. The molecule has 1 aliphatic heterocycles. The summed E-state index contributed by atoms with van der Waals surface area (Å²) in [7, 11) is -1.88. The van der Waals surface area contributed by atoms with Crippen molar-refractivity contribution in [2.24, 2.45) is 0 Å². The third-order valence-corrected chi connectivity index (χ3v) is 7.90. The number of aryl methyl sites for hydroxylation is 2. The van der Waals surface area contributed by atoms with Gasteiger partial charge >= 0.3 is 0 Å². The summed E-state index contributed by atoms with van der Waals surface area (Å²) in [5, 5.41) is 14.0. The van der Waals surface area contributed by atoms with Crippen molar-refractivity contribution in [2.75, 3.05) is 43.4 Å². The van der Waals surface area contributed by atoms with Crippen LogP contribution in [-0.4, -0.2) is 50.9 Å². The van der Waals surface area contributed by atoms with Gasteiger partial charge in [0.15, 0.2) is 0 Å². The van der Waals surface area contributed by atoms with Crippen LogP contribution in [0.15, 0.2) is 41.3 Å². The first-order valence-electron chi connectivity index (χ1n) is 10.2. The SMILES string of the molecule is CNc1cc(N2CCN(S(=O)(=O)c3ccc4c(c3)CCCC4)CC2)ccc1[N+](=O)[O-]. The maximum atomic E-state index is 13.2. The van der Waals surface area contributed by atoms with Crippen LogP contribution in [0.4, 0.5) is 17.1 Å². The molecule has 1 saturated heterocycles. The van der Waals surface area contributed by atoms with Gasteiger partial charge in [-0.15, -0.1) is 0 Å². The van der Waals surface area contributed by atoms with Gasteiger partial charge in [0.1, 0.15) is 5.69 Å². The van der Waals surface area contributed by atoms with Gasteiger partial charge in [0.25, 0.3) is 5.69 Å². The molecule has 0 bridgehead atoms. The molecule has 4 rings (SSSR count). The van der Waals surface area contributed by atoms with Gasteiger partial charge in [0, 0.05) is 45.0 Å². The van der Waals surface area contributed by atoms with Gasteiger partial charge in [-0.05, 0) is 61.1 Å². The summed E-state index contributed by atoms with van der Waals surface area (Å²) >= 11 is 0. The number of anilines is 2. The van der Waals surface area contributed by atoms with Crippen LogP contribution in [0.3, 0.4) is 0 Å². The first-order chi connectivity index (χ1) is 14.4. The van der Waals surface area contributed by atoms with E-state index >= 15 is 0 Å². The van der Waals surface area contributed by atoms with Crippen molar-refractivity contribution >= 4 is 27.1 Å². The van der Waals surface area contributed by atoms with E-state index in [1.54, 1.807) is 29.6 Å². The van der Waals surface area contributed by atoms with Gasteiger partial charge in [0.2, 0.25) is 10.0 Å². The summed E-state index contributed by atoms with van der Waals surface area (Å²) in [6.07, 6.45) is 4.25. The van der Waals surface area contributed by atoms with Crippen LogP contribution < -0.4 is 10.2 Å². The Hall–Kier alpha value is -2.65. The van der Waals surface area contributed by atoms with Gasteiger partial charge < -0.3 is 10.2 Å². The Morgan fingerprint density at radius 1 is 0.967 bits per heavy atom. The topological polar surface area (TPSA) is 95.8 Å². The third kappa shape index (κ3) is 3.87. The van der Waals surface area contributed by atoms with Gasteiger partial charge in [-0.1, -0.05) is 6.07 Å². The molecule has 1 fully saturated rings. The number of hydrogen-bond acceptors (Lipinski definition) is 6. The highest BCUT2D eigenvalue weighted by Gasteiger charge is 2.29. The number of sulfonamides is 1. The summed E-state index contributed by atoms with van der Waals surface area (Å²) in [4.78, 5) is 13.1. The summed E-state index contributed by atoms with van der Waals surface area (Å²) in [6.45, 7) is 1.83. The Labute approximate surface area is 176 Å². The van der Waals surface area contributed by atoms with Gasteiger partial charge in [-0.25, -0.2) is 8.42 Å². The molecule has 0 aromatic heterocycles. The molecule has 2 aromatic rings. The average Bonchev–Trinajstić information content (AvgIpc) is 2.78. The van der Waals surface area contributed by atoms with Crippen LogP contribution in [0.2, 0.25) is 0 Å². The van der Waals surface area contributed by atoms with E-state index in [4.69, 9.17) is 0 Å². The lowest BCUT2D eigenvalue weighted by Crippen LogP contribution is -2.48. The largest absolute Gasteiger partial charge is 0.383 e. The maximum absolute atomic E-state index is 13.2. The molecular weight excluding hydrogens is 404 g/mol. The molecule has 0 unspecified atom stereocenters. The van der Waals surface area contributed by atoms with E-state index in [1.165, 1.54) is 18.1 Å². The molecule has 2 aromatic carbocycles. The van der Waals surface area contributed by atoms with Crippen LogP contribution in [0, 0.1) is 10.1 Å². The number of nitro benzene ring substituents is 1. The molecule has 0 amide bonds. The van der Waals surface area contributed by atoms with Crippen LogP contribution >= 0.6 is 0 Å². The van der Waals surface area contributed by atoms with E-state index in [2.05, 4.69) is 10.2 Å². The number of nitrogens with zero attached hydrogens (tertiary/aromatic N) is 3. The van der Waals surface area contributed by atoms with E-state index < -0.39 is 14.9 Å². The standard InChI is InChI=1S/C21H26N4O4S/c1-22-20-15-18(7-9-21(20)25(26)27)23-10-12-24(13-11-23)30(28,29)19-8-6-16-4-2-3-5-17(16)14-19/h6-9,14-15,22H,2-5,10-13H2,1H3. The number of rotatable bonds is 5. The fraction of sp³-hybridized carbons (Fsp3) is 0.429. The van der Waals surface area contributed by atoms with E-state index in [0.29, 0.717) is 36.8 Å². The Bertz CT molecular complexity index is 1060. The average molecular weight is 431 g/mol. The number of benzene rings is 2. The summed E-state index contributed by atoms with van der Waals surface area (Å²) in [5.41, 5.74) is 3.74. The van der Waals surface area contributed by atoms with Crippen LogP contribution in [0.25, 0.3) is 0 Å². The van der Waals surface area contributed by atoms with Crippen molar-refractivity contribution in [3.8, 4) is 0 Å². The van der Waals surface area contributed by atoms with Crippen molar-refractivity contribution in [2.45, 2.75) is 30.6 Å². The molecule has 160 valence electrons. The Morgan fingerprint density at radius 2 is 1.67 bits per heavy atom. The molecule has 0 radical (unpaired) electrons. The van der Waals surface area contributed by atoms with E-state index in [9.17, 15) is 18.5 Å². The molecule has 2 aliphatic rings. The second-order valence-corrected chi connectivity index (χ2v) is 9.68. The predicted octanol–water partition coefficient (Wildman–Crippen LogP) is 3.03. The molecule has 30 heavy (non-hydrogen) atoms. The highest BCUT2D eigenvalue weighted by Crippen LogP contribution is 2.31. The fourth-order valence-electron chi connectivity index (χ4n) is 4.29. The van der Waals surface area contributed by atoms with Crippen molar-refractivity contribution in [1.82, 2.24) is 4.31 Å². The minimum atomic E-state index is -3.53. The number of nitro groups is 1. The molecule has 0 saturated carbocycles. The monoisotopic (exact) mass is 430 g/mol. The number of piperazine rings is 1. The summed E-state index contributed by atoms with van der Waals surface area (Å²) in [5.74, 6) is 0. The van der Waals surface area contributed by atoms with E-state index in [-0.39, 0.29) is 5.69 Å². The van der Waals surface area contributed by atoms with Crippen LogP contribution in [-0.2, 0) is 22.9 Å². The Morgan fingerprint density at radius 3 is 2.33 bits per heavy atom. The molecule has 1 N–H and O–H groups in total. The second kappa shape index (κ2) is 8.23. The zero-order chi connectivity index (χ0) is 21.3. The van der Waals surface area contributed by atoms with Crippen LogP contribution in [0.1, 0.15) is 24.0 Å². The molecule has 9 heteroatoms. The highest BCUT2D eigenvalue weighted by molar-refractivity contribution is 7.89. The third-order valence-electron chi connectivity index (χ3n) is 6.01. The van der Waals surface area contributed by atoms with Gasteiger partial charge in [0.05, 0.1) is 9.82 Å². The number of fused-ring (bicyclic) bond motifs is 1. The molecule has 1 aliphatic carbocycles. The minimum Gasteiger partial charge on any atom is -0.383 e. The van der Waals surface area contributed by atoms with Crippen molar-refractivity contribution in [3.63, 3.8) is 0 Å². The van der Waals surface area contributed by atoms with Crippen molar-refractivity contribution in [1.29, 1.82) is 0 Å². The molecular formula is C21H26N4O4S. The molecule has 1 heterocycles. The summed E-state index contributed by atoms with van der Waals surface area (Å²) < 4.78 is 27.9. The van der Waals surface area contributed by atoms with E-state index in [1.807, 2.05) is 12.1 Å². The Kier molecular flexibility index (Phi) is 5.66. The highest BCUT2D eigenvalue weighted by atomic mass is 32.2. The van der Waals surface area contributed by atoms with Crippen LogP contribution in [0.5, 0.6) is 0 Å². The zero-order valence-corrected chi connectivity index (χ0v) is 17.8. The van der Waals surface area contributed by atoms with Gasteiger partial charge in [-0.3, -0.25) is 10.1 Å². The summed E-state index contributed by atoms with van der Waals surface area (Å²) in [6, 6.07) is 10.5. The zero-order valence-electron chi connectivity index (χ0n) is 17.0. The fourth-order valence-corrected chi connectivity index (χ4v) is 5.76. The lowest BCUT2D eigenvalue weighted by molar-refractivity contribution is -0.383. The second-order valence-electron chi connectivity index (χ2n) is 7.74. The number of nitrogens with one attached hydrogen (secondary N) is 1. The number of hydrogen-bond donors (Lipinski definition) is 1. The van der Waals surface area contributed by atoms with Crippen molar-refractivity contribution < 1.29 is 13.3 Å². The minimum absolute atomic E-state index is 0.0230. The molecule has 0 spiro atoms. The van der Waals surface area contributed by atoms with Crippen molar-refractivity contribution in [3.05, 3.63) is 57.6 Å². The molecule has 8 nitrogen and oxygen atoms in total. The molecule has 0 atom stereocenters. The lowest BCUT2D eigenvalue weighted by atomic mass is 9.92.